The van der Waals surface area contributed by atoms with E-state index in [9.17, 15) is 4.79 Å². The summed E-state index contributed by atoms with van der Waals surface area (Å²) in [5.41, 5.74) is -0.575. The molecule has 0 aliphatic rings. The van der Waals surface area contributed by atoms with E-state index in [4.69, 9.17) is 10.00 Å². The first-order chi connectivity index (χ1) is 11.7. The highest BCUT2D eigenvalue weighted by Gasteiger charge is 2.26. The van der Waals surface area contributed by atoms with Crippen LogP contribution in [0.25, 0.3) is 4.96 Å². The molecule has 0 bridgehead atoms. The summed E-state index contributed by atoms with van der Waals surface area (Å²) in [4.78, 5) is 12.8. The number of nitrogens with one attached hydrogen (secondary N) is 1. The number of nitriles is 1. The molecule has 0 aliphatic heterocycles. The van der Waals surface area contributed by atoms with Crippen molar-refractivity contribution in [2.75, 3.05) is 5.75 Å². The van der Waals surface area contributed by atoms with Gasteiger partial charge in [-0.2, -0.15) is 9.78 Å². The maximum atomic E-state index is 12.2. The lowest BCUT2D eigenvalue weighted by Crippen LogP contribution is -2.36. The lowest BCUT2D eigenvalue weighted by atomic mass is 10.0. The monoisotopic (exact) mass is 382 g/mol. The number of aromatic nitrogens is 4. The second-order valence-electron chi connectivity index (χ2n) is 6.90. The van der Waals surface area contributed by atoms with Gasteiger partial charge in [-0.05, 0) is 33.1 Å². The molecule has 0 spiro atoms. The zero-order chi connectivity index (χ0) is 18.6. The van der Waals surface area contributed by atoms with E-state index in [-0.39, 0.29) is 6.04 Å². The predicted octanol–water partition coefficient (Wildman–Crippen LogP) is 3.41. The van der Waals surface area contributed by atoms with Gasteiger partial charge in [-0.15, -0.1) is 15.3 Å². The Morgan fingerprint density at radius 2 is 2.16 bits per heavy atom. The third kappa shape index (κ3) is 5.57. The molecule has 1 atom stereocenters. The van der Waals surface area contributed by atoms with E-state index in [1.54, 1.807) is 4.52 Å². The number of thioether (sulfide) groups is 1. The van der Waals surface area contributed by atoms with Crippen molar-refractivity contribution in [3.63, 3.8) is 0 Å². The van der Waals surface area contributed by atoms with Gasteiger partial charge in [0, 0.05) is 0 Å². The average molecular weight is 383 g/mol. The van der Waals surface area contributed by atoms with Crippen LogP contribution in [0.2, 0.25) is 0 Å². The van der Waals surface area contributed by atoms with E-state index >= 15 is 0 Å². The molecule has 0 radical (unpaired) electrons. The van der Waals surface area contributed by atoms with Crippen molar-refractivity contribution in [3.05, 3.63) is 5.82 Å². The molecule has 0 fully saturated rings. The van der Waals surface area contributed by atoms with Gasteiger partial charge in [0.05, 0.1) is 17.9 Å². The number of carbonyl (C=O) groups is 1. The van der Waals surface area contributed by atoms with Crippen LogP contribution in [-0.4, -0.2) is 37.3 Å². The molecule has 25 heavy (non-hydrogen) atoms. The summed E-state index contributed by atoms with van der Waals surface area (Å²) >= 11 is 2.72. The topological polar surface area (TPSA) is 105 Å². The first-order valence-electron chi connectivity index (χ1n) is 7.91. The molecule has 2 rings (SSSR count). The van der Waals surface area contributed by atoms with Crippen molar-refractivity contribution in [1.82, 2.24) is 25.1 Å². The molecule has 1 amide bonds. The zero-order valence-corrected chi connectivity index (χ0v) is 16.6. The predicted molar refractivity (Wildman–Crippen MR) is 96.6 cm³/mol. The molecule has 2 aromatic heterocycles. The van der Waals surface area contributed by atoms with Crippen LogP contribution >= 0.6 is 23.1 Å². The van der Waals surface area contributed by atoms with Crippen molar-refractivity contribution in [2.24, 2.45) is 5.92 Å². The molecular formula is C15H22N6O2S2. The quantitative estimate of drug-likeness (QED) is 0.763. The summed E-state index contributed by atoms with van der Waals surface area (Å²) in [5, 5.41) is 24.4. The summed E-state index contributed by atoms with van der Waals surface area (Å²) in [7, 11) is 0. The highest BCUT2D eigenvalue weighted by Crippen LogP contribution is 2.27. The Labute approximate surface area is 155 Å². The fraction of sp³-hybridized carbons (Fsp3) is 0.667. The van der Waals surface area contributed by atoms with Crippen LogP contribution in [0.5, 0.6) is 0 Å². The first-order valence-corrected chi connectivity index (χ1v) is 9.71. The maximum absolute atomic E-state index is 12.2. The highest BCUT2D eigenvalue weighted by molar-refractivity contribution is 8.01. The fourth-order valence-electron chi connectivity index (χ4n) is 2.13. The zero-order valence-electron chi connectivity index (χ0n) is 14.9. The van der Waals surface area contributed by atoms with E-state index in [0.717, 1.165) is 4.34 Å². The first kappa shape index (κ1) is 19.5. The number of ether oxygens (including phenoxy) is 1. The van der Waals surface area contributed by atoms with E-state index in [1.807, 2.05) is 20.8 Å². The molecule has 0 aliphatic carbocycles. The normalized spacial score (nSPS) is 13.0. The summed E-state index contributed by atoms with van der Waals surface area (Å²) in [6.45, 7) is 9.59. The van der Waals surface area contributed by atoms with Gasteiger partial charge in [-0.25, -0.2) is 4.79 Å². The van der Waals surface area contributed by atoms with E-state index in [1.165, 1.54) is 23.1 Å². The Morgan fingerprint density at radius 3 is 2.76 bits per heavy atom. The SMILES string of the molecule is CC(C)C[C@H](NC(=O)OC(C)(C)C)c1nnc2sc(SCC#N)nn12. The molecule has 0 unspecified atom stereocenters. The van der Waals surface area contributed by atoms with Gasteiger partial charge in [-0.1, -0.05) is 36.9 Å². The molecule has 0 saturated heterocycles. The molecule has 136 valence electrons. The largest absolute Gasteiger partial charge is 0.444 e. The van der Waals surface area contributed by atoms with Gasteiger partial charge in [-0.3, -0.25) is 0 Å². The number of amides is 1. The number of nitrogens with zero attached hydrogens (tertiary/aromatic N) is 5. The Balaban J connectivity index is 2.25. The number of rotatable bonds is 6. The molecule has 10 heteroatoms. The van der Waals surface area contributed by atoms with Crippen LogP contribution in [0, 0.1) is 17.2 Å². The van der Waals surface area contributed by atoms with Gasteiger partial charge >= 0.3 is 6.09 Å². The summed E-state index contributed by atoms with van der Waals surface area (Å²) in [5.74, 6) is 1.22. The van der Waals surface area contributed by atoms with Crippen molar-refractivity contribution in [3.8, 4) is 6.07 Å². The minimum Gasteiger partial charge on any atom is -0.444 e. The molecular weight excluding hydrogens is 360 g/mol. The van der Waals surface area contributed by atoms with Crippen molar-refractivity contribution in [1.29, 1.82) is 5.26 Å². The Hall–Kier alpha value is -1.86. The van der Waals surface area contributed by atoms with Crippen LogP contribution in [0.1, 0.15) is 52.9 Å². The second-order valence-corrected chi connectivity index (χ2v) is 9.07. The second kappa shape index (κ2) is 8.01. The van der Waals surface area contributed by atoms with Gasteiger partial charge in [0.15, 0.2) is 10.2 Å². The number of hydrogen-bond acceptors (Lipinski definition) is 8. The van der Waals surface area contributed by atoms with Crippen LogP contribution < -0.4 is 5.32 Å². The molecule has 0 aromatic carbocycles. The number of carbonyl (C=O) groups excluding carboxylic acids is 1. The van der Waals surface area contributed by atoms with Gasteiger partial charge in [0.1, 0.15) is 5.60 Å². The molecule has 8 nitrogen and oxygen atoms in total. The summed E-state index contributed by atoms with van der Waals surface area (Å²) < 4.78 is 7.73. The number of hydrogen-bond donors (Lipinski definition) is 1. The van der Waals surface area contributed by atoms with Crippen molar-refractivity contribution in [2.45, 2.75) is 57.0 Å². The average Bonchev–Trinajstić information content (AvgIpc) is 3.01. The standard InChI is InChI=1S/C15H22N6O2S2/c1-9(2)8-10(17-13(22)23-15(3,4)5)11-18-19-12-21(11)20-14(25-12)24-7-6-16/h9-10H,7-8H2,1-5H3,(H,17,22)/t10-/m0/s1. The lowest BCUT2D eigenvalue weighted by Gasteiger charge is -2.23. The highest BCUT2D eigenvalue weighted by atomic mass is 32.2. The van der Waals surface area contributed by atoms with E-state index < -0.39 is 11.7 Å². The molecule has 0 saturated carbocycles. The maximum Gasteiger partial charge on any atom is 0.408 e. The smallest absolute Gasteiger partial charge is 0.408 e. The van der Waals surface area contributed by atoms with Crippen molar-refractivity contribution >= 4 is 34.2 Å². The summed E-state index contributed by atoms with van der Waals surface area (Å²) in [6, 6.07) is 1.71. The Kier molecular flexibility index (Phi) is 6.24. The Bertz CT molecular complexity index is 771. The van der Waals surface area contributed by atoms with Gasteiger partial charge < -0.3 is 10.1 Å². The van der Waals surface area contributed by atoms with Gasteiger partial charge in [0.2, 0.25) is 4.96 Å². The molecule has 2 heterocycles. The van der Waals surface area contributed by atoms with Crippen molar-refractivity contribution < 1.29 is 9.53 Å². The Morgan fingerprint density at radius 1 is 1.44 bits per heavy atom. The summed E-state index contributed by atoms with van der Waals surface area (Å²) in [6.07, 6.45) is 0.183. The molecule has 1 N–H and O–H groups in total. The number of fused-ring (bicyclic) bond motifs is 1. The van der Waals surface area contributed by atoms with Gasteiger partial charge in [0.25, 0.3) is 0 Å². The molecule has 2 aromatic rings. The van der Waals surface area contributed by atoms with E-state index in [2.05, 4.69) is 40.5 Å². The van der Waals surface area contributed by atoms with Crippen LogP contribution in [0.4, 0.5) is 4.79 Å². The minimum atomic E-state index is -0.575. The number of alkyl carbamates (subject to hydrolysis) is 1. The van der Waals surface area contributed by atoms with E-state index in [0.29, 0.717) is 28.9 Å². The third-order valence-corrected chi connectivity index (χ3v) is 4.87. The minimum absolute atomic E-state index is 0.324. The third-order valence-electron chi connectivity index (χ3n) is 2.97. The van der Waals surface area contributed by atoms with Crippen LogP contribution in [0.15, 0.2) is 4.34 Å². The van der Waals surface area contributed by atoms with Crippen LogP contribution in [-0.2, 0) is 4.74 Å². The fourth-order valence-corrected chi connectivity index (χ4v) is 3.68. The lowest BCUT2D eigenvalue weighted by molar-refractivity contribution is 0.0494. The van der Waals surface area contributed by atoms with Crippen LogP contribution in [0.3, 0.4) is 0 Å².